The Morgan fingerprint density at radius 1 is 1.16 bits per heavy atom. The number of anilines is 1. The number of aryl methyl sites for hydroxylation is 1. The molecule has 0 aliphatic rings. The Balaban J connectivity index is 2.53. The maximum absolute atomic E-state index is 13.0. The van der Waals surface area contributed by atoms with Crippen LogP contribution >= 0.6 is 0 Å². The predicted octanol–water partition coefficient (Wildman–Crippen LogP) is 3.43. The van der Waals surface area contributed by atoms with Gasteiger partial charge in [-0.2, -0.15) is 13.2 Å². The van der Waals surface area contributed by atoms with Crippen molar-refractivity contribution in [1.29, 1.82) is 0 Å². The Morgan fingerprint density at radius 2 is 1.72 bits per heavy atom. The van der Waals surface area contributed by atoms with Gasteiger partial charge >= 0.3 is 6.18 Å². The van der Waals surface area contributed by atoms with Gasteiger partial charge in [0.05, 0.1) is 21.6 Å². The lowest BCUT2D eigenvalue weighted by Gasteiger charge is -2.13. The third-order valence-corrected chi connectivity index (χ3v) is 4.57. The molecule has 0 saturated heterocycles. The van der Waals surface area contributed by atoms with E-state index in [0.29, 0.717) is 0 Å². The number of aromatic hydroxyl groups is 1. The van der Waals surface area contributed by atoms with Gasteiger partial charge < -0.3 is 5.11 Å². The second-order valence-corrected chi connectivity index (χ2v) is 6.74. The van der Waals surface area contributed by atoms with Crippen molar-refractivity contribution in [3.8, 4) is 5.75 Å². The number of nitro benzene ring substituents is 1. The van der Waals surface area contributed by atoms with Gasteiger partial charge in [-0.1, -0.05) is 17.7 Å². The summed E-state index contributed by atoms with van der Waals surface area (Å²) >= 11 is 0. The van der Waals surface area contributed by atoms with Gasteiger partial charge in [0.1, 0.15) is 11.3 Å². The van der Waals surface area contributed by atoms with Crippen LogP contribution in [0.5, 0.6) is 5.75 Å². The summed E-state index contributed by atoms with van der Waals surface area (Å²) in [6, 6.07) is 5.83. The van der Waals surface area contributed by atoms with E-state index in [-0.39, 0.29) is 17.0 Å². The lowest BCUT2D eigenvalue weighted by atomic mass is 10.1. The van der Waals surface area contributed by atoms with E-state index < -0.39 is 43.8 Å². The van der Waals surface area contributed by atoms with Crippen LogP contribution in [0.4, 0.5) is 24.5 Å². The number of sulfonamides is 1. The number of alkyl halides is 3. The van der Waals surface area contributed by atoms with Crippen LogP contribution in [0.1, 0.15) is 11.1 Å². The summed E-state index contributed by atoms with van der Waals surface area (Å²) in [6.07, 6.45) is -5.11. The number of rotatable bonds is 4. The molecule has 0 saturated carbocycles. The van der Waals surface area contributed by atoms with Crippen molar-refractivity contribution in [2.45, 2.75) is 18.0 Å². The third kappa shape index (κ3) is 3.99. The second-order valence-electron chi connectivity index (χ2n) is 5.06. The van der Waals surface area contributed by atoms with E-state index in [1.165, 1.54) is 24.3 Å². The van der Waals surface area contributed by atoms with Crippen molar-refractivity contribution in [1.82, 2.24) is 0 Å². The van der Waals surface area contributed by atoms with Gasteiger partial charge in [0, 0.05) is 0 Å². The summed E-state index contributed by atoms with van der Waals surface area (Å²) in [5.74, 6) is -1.00. The maximum Gasteiger partial charge on any atom is 0.423 e. The molecule has 0 aliphatic heterocycles. The number of nitro groups is 1. The number of hydrogen-bond acceptors (Lipinski definition) is 5. The first-order valence-corrected chi connectivity index (χ1v) is 8.08. The van der Waals surface area contributed by atoms with Crippen LogP contribution in [0.25, 0.3) is 0 Å². The van der Waals surface area contributed by atoms with E-state index >= 15 is 0 Å². The van der Waals surface area contributed by atoms with Crippen LogP contribution < -0.4 is 4.72 Å². The number of nitrogens with zero attached hydrogens (tertiary/aromatic N) is 1. The van der Waals surface area contributed by atoms with E-state index in [1.54, 1.807) is 11.6 Å². The molecule has 0 bridgehead atoms. The topological polar surface area (TPSA) is 110 Å². The third-order valence-electron chi connectivity index (χ3n) is 3.19. The number of halogens is 3. The number of nitrogens with one attached hydrogen (secondary N) is 1. The summed E-state index contributed by atoms with van der Waals surface area (Å²) in [6.45, 7) is 1.71. The number of phenolic OH excluding ortho intramolecular Hbond substituents is 1. The molecule has 0 atom stereocenters. The molecule has 11 heteroatoms. The fourth-order valence-electron chi connectivity index (χ4n) is 1.96. The van der Waals surface area contributed by atoms with Crippen LogP contribution in [-0.4, -0.2) is 18.4 Å². The predicted molar refractivity (Wildman–Crippen MR) is 81.8 cm³/mol. The van der Waals surface area contributed by atoms with Crippen molar-refractivity contribution in [2.24, 2.45) is 0 Å². The van der Waals surface area contributed by atoms with E-state index in [2.05, 4.69) is 0 Å². The summed E-state index contributed by atoms with van der Waals surface area (Å²) in [4.78, 5) is 9.16. The number of hydrogen-bond donors (Lipinski definition) is 2. The monoisotopic (exact) mass is 376 g/mol. The SMILES string of the molecule is Cc1ccc(S(=O)(=O)Nc2cc(C(F)(F)F)c([N+](=O)[O-])cc2O)cc1. The minimum atomic E-state index is -5.11. The Bertz CT molecular complexity index is 925. The fraction of sp³-hybridized carbons (Fsp3) is 0.143. The van der Waals surface area contributed by atoms with E-state index in [0.717, 1.165) is 5.56 Å². The molecule has 0 heterocycles. The standard InChI is InChI=1S/C14H11F3N2O5S/c1-8-2-4-9(5-3-8)25(23,24)18-11-6-10(14(15,16)17)12(19(21)22)7-13(11)20/h2-7,18,20H,1H3. The molecule has 0 amide bonds. The number of phenols is 1. The molecule has 2 rings (SSSR count). The molecule has 25 heavy (non-hydrogen) atoms. The molecule has 134 valence electrons. The molecule has 0 unspecified atom stereocenters. The van der Waals surface area contributed by atoms with E-state index in [1.807, 2.05) is 0 Å². The maximum atomic E-state index is 13.0. The van der Waals surface area contributed by atoms with Crippen molar-refractivity contribution in [2.75, 3.05) is 4.72 Å². The van der Waals surface area contributed by atoms with Crippen molar-refractivity contribution in [3.63, 3.8) is 0 Å². The van der Waals surface area contributed by atoms with Gasteiger partial charge in [0.15, 0.2) is 0 Å². The molecule has 2 aromatic rings. The van der Waals surface area contributed by atoms with Crippen LogP contribution in [0.15, 0.2) is 41.3 Å². The lowest BCUT2D eigenvalue weighted by Crippen LogP contribution is -2.15. The smallest absolute Gasteiger partial charge is 0.423 e. The average Bonchev–Trinajstić information content (AvgIpc) is 2.48. The van der Waals surface area contributed by atoms with E-state index in [9.17, 15) is 36.8 Å². The zero-order chi connectivity index (χ0) is 19.0. The van der Waals surface area contributed by atoms with Crippen LogP contribution in [0.2, 0.25) is 0 Å². The highest BCUT2D eigenvalue weighted by Crippen LogP contribution is 2.41. The van der Waals surface area contributed by atoms with Crippen molar-refractivity contribution >= 4 is 21.4 Å². The summed E-state index contributed by atoms with van der Waals surface area (Å²) in [7, 11) is -4.30. The van der Waals surface area contributed by atoms with Gasteiger partial charge in [-0.3, -0.25) is 14.8 Å². The zero-order valence-corrected chi connectivity index (χ0v) is 13.4. The fourth-order valence-corrected chi connectivity index (χ4v) is 3.02. The lowest BCUT2D eigenvalue weighted by molar-refractivity contribution is -0.388. The van der Waals surface area contributed by atoms with Gasteiger partial charge in [0.25, 0.3) is 15.7 Å². The molecular weight excluding hydrogens is 365 g/mol. The molecule has 7 nitrogen and oxygen atoms in total. The van der Waals surface area contributed by atoms with Crippen LogP contribution in [0, 0.1) is 17.0 Å². The molecule has 0 radical (unpaired) electrons. The normalized spacial score (nSPS) is 12.0. The highest BCUT2D eigenvalue weighted by atomic mass is 32.2. The quantitative estimate of drug-likeness (QED) is 0.483. The molecule has 0 spiro atoms. The summed E-state index contributed by atoms with van der Waals surface area (Å²) in [5.41, 5.74) is -3.13. The molecule has 2 aromatic carbocycles. The van der Waals surface area contributed by atoms with Gasteiger partial charge in [0.2, 0.25) is 0 Å². The minimum absolute atomic E-state index is 0.180. The first-order valence-electron chi connectivity index (χ1n) is 6.60. The first-order chi connectivity index (χ1) is 11.4. The molecular formula is C14H11F3N2O5S. The Kier molecular flexibility index (Phi) is 4.62. The second kappa shape index (κ2) is 6.24. The first kappa shape index (κ1) is 18.5. The van der Waals surface area contributed by atoms with Crippen LogP contribution in [-0.2, 0) is 16.2 Å². The van der Waals surface area contributed by atoms with Crippen molar-refractivity contribution in [3.05, 3.63) is 57.6 Å². The van der Waals surface area contributed by atoms with Crippen molar-refractivity contribution < 1.29 is 31.6 Å². The Labute approximate surface area is 139 Å². The van der Waals surface area contributed by atoms with Gasteiger partial charge in [-0.15, -0.1) is 0 Å². The molecule has 0 fully saturated rings. The van der Waals surface area contributed by atoms with Gasteiger partial charge in [-0.05, 0) is 25.1 Å². The van der Waals surface area contributed by atoms with Crippen LogP contribution in [0.3, 0.4) is 0 Å². The summed E-state index contributed by atoms with van der Waals surface area (Å²) < 4.78 is 65.1. The molecule has 0 aliphatic carbocycles. The largest absolute Gasteiger partial charge is 0.505 e. The Hall–Kier alpha value is -2.82. The minimum Gasteiger partial charge on any atom is -0.505 e. The average molecular weight is 376 g/mol. The molecule has 0 aromatic heterocycles. The Morgan fingerprint density at radius 3 is 2.20 bits per heavy atom. The highest BCUT2D eigenvalue weighted by molar-refractivity contribution is 7.92. The molecule has 2 N–H and O–H groups in total. The number of benzene rings is 2. The summed E-state index contributed by atoms with van der Waals surface area (Å²) in [5, 5.41) is 20.4. The van der Waals surface area contributed by atoms with E-state index in [4.69, 9.17) is 0 Å². The van der Waals surface area contributed by atoms with Gasteiger partial charge in [-0.25, -0.2) is 8.42 Å². The zero-order valence-electron chi connectivity index (χ0n) is 12.5. The highest BCUT2D eigenvalue weighted by Gasteiger charge is 2.39.